The summed E-state index contributed by atoms with van der Waals surface area (Å²) >= 11 is 0. The molecule has 1 saturated carbocycles. The van der Waals surface area contributed by atoms with Crippen LogP contribution in [0.2, 0.25) is 0 Å². The number of anilines is 1. The van der Waals surface area contributed by atoms with Gasteiger partial charge in [-0.3, -0.25) is 0 Å². The molecule has 9 heteroatoms. The highest BCUT2D eigenvalue weighted by atomic mass is 19.4. The molecule has 1 atom stereocenters. The van der Waals surface area contributed by atoms with Gasteiger partial charge in [0.1, 0.15) is 5.82 Å². The van der Waals surface area contributed by atoms with Crippen molar-refractivity contribution in [1.29, 1.82) is 0 Å². The number of carboxylic acid groups (broad SMARTS) is 1. The van der Waals surface area contributed by atoms with Gasteiger partial charge in [-0.05, 0) is 61.1 Å². The van der Waals surface area contributed by atoms with E-state index in [1.165, 1.54) is 23.4 Å². The van der Waals surface area contributed by atoms with E-state index in [2.05, 4.69) is 15.4 Å². The van der Waals surface area contributed by atoms with E-state index < -0.39 is 17.7 Å². The van der Waals surface area contributed by atoms with Crippen LogP contribution in [0.15, 0.2) is 48.9 Å². The van der Waals surface area contributed by atoms with Crippen LogP contribution in [-0.2, 0) is 6.18 Å². The molecule has 1 unspecified atom stereocenters. The number of aromatic nitrogens is 3. The second-order valence-corrected chi connectivity index (χ2v) is 8.47. The van der Waals surface area contributed by atoms with Gasteiger partial charge in [0.2, 0.25) is 0 Å². The molecule has 2 aromatic heterocycles. The fourth-order valence-electron chi connectivity index (χ4n) is 4.44. The number of benzene rings is 1. The van der Waals surface area contributed by atoms with Crippen LogP contribution < -0.4 is 5.32 Å². The van der Waals surface area contributed by atoms with Crippen molar-refractivity contribution in [2.45, 2.75) is 51.2 Å². The zero-order valence-corrected chi connectivity index (χ0v) is 18.1. The minimum absolute atomic E-state index is 0.0501. The van der Waals surface area contributed by atoms with Crippen LogP contribution in [0.25, 0.3) is 5.69 Å². The maximum absolute atomic E-state index is 12.9. The summed E-state index contributed by atoms with van der Waals surface area (Å²) in [7, 11) is 0. The lowest BCUT2D eigenvalue weighted by Gasteiger charge is -2.32. The number of nitrogens with zero attached hydrogens (tertiary/aromatic N) is 3. The first-order chi connectivity index (χ1) is 15.7. The molecular formula is C24H25F3N4O2. The lowest BCUT2D eigenvalue weighted by atomic mass is 9.80. The predicted molar refractivity (Wildman–Crippen MR) is 117 cm³/mol. The van der Waals surface area contributed by atoms with Gasteiger partial charge < -0.3 is 10.4 Å². The number of carboxylic acids is 1. The smallest absolute Gasteiger partial charge is 0.419 e. The largest absolute Gasteiger partial charge is 0.478 e. The number of rotatable bonds is 6. The van der Waals surface area contributed by atoms with Crippen molar-refractivity contribution < 1.29 is 23.1 Å². The second kappa shape index (κ2) is 9.25. The normalized spacial score (nSPS) is 15.9. The van der Waals surface area contributed by atoms with E-state index in [4.69, 9.17) is 5.11 Å². The van der Waals surface area contributed by atoms with Crippen LogP contribution in [0.3, 0.4) is 0 Å². The van der Waals surface area contributed by atoms with Gasteiger partial charge in [0.05, 0.1) is 29.1 Å². The summed E-state index contributed by atoms with van der Waals surface area (Å²) in [6.07, 6.45) is 4.29. The maximum Gasteiger partial charge on any atom is 0.419 e. The molecule has 1 aliphatic carbocycles. The van der Waals surface area contributed by atoms with E-state index >= 15 is 0 Å². The average Bonchev–Trinajstić information content (AvgIpc) is 3.30. The van der Waals surface area contributed by atoms with E-state index in [1.807, 2.05) is 19.1 Å². The SMILES string of the molecule is Cc1cc(-n2cc(C(F)(F)F)cn2)ccc1C(Nc1ccc(C(=O)O)cn1)C1CCCCC1. The van der Waals surface area contributed by atoms with Crippen molar-refractivity contribution in [1.82, 2.24) is 14.8 Å². The topological polar surface area (TPSA) is 80.0 Å². The van der Waals surface area contributed by atoms with Gasteiger partial charge in [-0.15, -0.1) is 0 Å². The Morgan fingerprint density at radius 2 is 1.91 bits per heavy atom. The molecule has 1 aliphatic rings. The zero-order chi connectivity index (χ0) is 23.6. The number of hydrogen-bond acceptors (Lipinski definition) is 4. The standard InChI is InChI=1S/C24H25F3N4O2/c1-15-11-19(31-14-18(13-29-31)24(25,26)27)8-9-20(15)22(16-5-3-2-4-6-16)30-21-10-7-17(12-28-21)23(32)33/h7-14,16,22H,2-6H2,1H3,(H,28,30)(H,32,33). The molecule has 0 aliphatic heterocycles. The highest BCUT2D eigenvalue weighted by Crippen LogP contribution is 2.38. The van der Waals surface area contributed by atoms with Crippen LogP contribution in [0.4, 0.5) is 19.0 Å². The molecule has 0 saturated heterocycles. The quantitative estimate of drug-likeness (QED) is 0.472. The number of alkyl halides is 3. The monoisotopic (exact) mass is 458 g/mol. The fraction of sp³-hybridized carbons (Fsp3) is 0.375. The Morgan fingerprint density at radius 3 is 2.48 bits per heavy atom. The fourth-order valence-corrected chi connectivity index (χ4v) is 4.44. The van der Waals surface area contributed by atoms with E-state index in [0.717, 1.165) is 49.2 Å². The zero-order valence-electron chi connectivity index (χ0n) is 18.1. The molecule has 0 amide bonds. The summed E-state index contributed by atoms with van der Waals surface area (Å²) in [5.41, 5.74) is 1.85. The van der Waals surface area contributed by atoms with Crippen molar-refractivity contribution in [3.63, 3.8) is 0 Å². The Bertz CT molecular complexity index is 1120. The van der Waals surface area contributed by atoms with Crippen LogP contribution >= 0.6 is 0 Å². The van der Waals surface area contributed by atoms with Crippen LogP contribution in [0.5, 0.6) is 0 Å². The van der Waals surface area contributed by atoms with Crippen LogP contribution in [-0.4, -0.2) is 25.8 Å². The number of hydrogen-bond donors (Lipinski definition) is 2. The average molecular weight is 458 g/mol. The Kier molecular flexibility index (Phi) is 6.40. The molecule has 4 rings (SSSR count). The number of aryl methyl sites for hydroxylation is 1. The molecule has 33 heavy (non-hydrogen) atoms. The number of carbonyl (C=O) groups is 1. The highest BCUT2D eigenvalue weighted by Gasteiger charge is 2.32. The first-order valence-electron chi connectivity index (χ1n) is 10.9. The molecule has 0 spiro atoms. The molecule has 174 valence electrons. The van der Waals surface area contributed by atoms with Crippen molar-refractivity contribution in [2.75, 3.05) is 5.32 Å². The first kappa shape index (κ1) is 22.8. The molecule has 2 N–H and O–H groups in total. The molecule has 0 bridgehead atoms. The summed E-state index contributed by atoms with van der Waals surface area (Å²) in [6.45, 7) is 1.94. The summed E-state index contributed by atoms with van der Waals surface area (Å²) in [5, 5.41) is 16.5. The maximum atomic E-state index is 12.9. The van der Waals surface area contributed by atoms with Gasteiger partial charge in [-0.2, -0.15) is 18.3 Å². The summed E-state index contributed by atoms with van der Waals surface area (Å²) < 4.78 is 40.1. The Labute approximate surface area is 189 Å². The summed E-state index contributed by atoms with van der Waals surface area (Å²) in [5.74, 6) is -0.0802. The Morgan fingerprint density at radius 1 is 1.15 bits per heavy atom. The van der Waals surface area contributed by atoms with Gasteiger partial charge >= 0.3 is 12.1 Å². The van der Waals surface area contributed by atoms with Crippen LogP contribution in [0, 0.1) is 12.8 Å². The molecule has 3 aromatic rings. The third kappa shape index (κ3) is 5.18. The lowest BCUT2D eigenvalue weighted by molar-refractivity contribution is -0.137. The van der Waals surface area contributed by atoms with Gasteiger partial charge in [0.15, 0.2) is 0 Å². The van der Waals surface area contributed by atoms with Gasteiger partial charge in [-0.25, -0.2) is 14.5 Å². The van der Waals surface area contributed by atoms with Gasteiger partial charge in [0, 0.05) is 12.4 Å². The first-order valence-corrected chi connectivity index (χ1v) is 10.9. The predicted octanol–water partition coefficient (Wildman–Crippen LogP) is 6.03. The van der Waals surface area contributed by atoms with E-state index in [-0.39, 0.29) is 11.6 Å². The van der Waals surface area contributed by atoms with Crippen molar-refractivity contribution in [2.24, 2.45) is 5.92 Å². The molecule has 0 radical (unpaired) electrons. The lowest BCUT2D eigenvalue weighted by Crippen LogP contribution is -2.24. The number of nitrogens with one attached hydrogen (secondary N) is 1. The van der Waals surface area contributed by atoms with E-state index in [9.17, 15) is 18.0 Å². The molecular weight excluding hydrogens is 433 g/mol. The Balaban J connectivity index is 1.63. The van der Waals surface area contributed by atoms with E-state index in [1.54, 1.807) is 12.1 Å². The molecule has 1 fully saturated rings. The number of halogens is 3. The van der Waals surface area contributed by atoms with Crippen molar-refractivity contribution >= 4 is 11.8 Å². The summed E-state index contributed by atoms with van der Waals surface area (Å²) in [4.78, 5) is 15.4. The van der Waals surface area contributed by atoms with Gasteiger partial charge in [-0.1, -0.05) is 25.3 Å². The van der Waals surface area contributed by atoms with Crippen LogP contribution in [0.1, 0.15) is 65.2 Å². The molecule has 6 nitrogen and oxygen atoms in total. The van der Waals surface area contributed by atoms with Crippen molar-refractivity contribution in [3.8, 4) is 5.69 Å². The minimum Gasteiger partial charge on any atom is -0.478 e. The highest BCUT2D eigenvalue weighted by molar-refractivity contribution is 5.87. The number of pyridine rings is 1. The third-order valence-corrected chi connectivity index (χ3v) is 6.20. The molecule has 2 heterocycles. The summed E-state index contributed by atoms with van der Waals surface area (Å²) in [6, 6.07) is 8.66. The second-order valence-electron chi connectivity index (χ2n) is 8.47. The molecule has 1 aromatic carbocycles. The van der Waals surface area contributed by atoms with Crippen molar-refractivity contribution in [3.05, 3.63) is 71.2 Å². The Hall–Kier alpha value is -3.36. The number of aromatic carboxylic acids is 1. The van der Waals surface area contributed by atoms with Gasteiger partial charge in [0.25, 0.3) is 0 Å². The third-order valence-electron chi connectivity index (χ3n) is 6.20. The minimum atomic E-state index is -4.44. The van der Waals surface area contributed by atoms with E-state index in [0.29, 0.717) is 17.4 Å².